The number of hydrogen-bond acceptors (Lipinski definition) is 7. The summed E-state index contributed by atoms with van der Waals surface area (Å²) >= 11 is 0. The van der Waals surface area contributed by atoms with Gasteiger partial charge in [-0.1, -0.05) is 5.10 Å². The van der Waals surface area contributed by atoms with Gasteiger partial charge in [0.05, 0.1) is 32.4 Å². The predicted molar refractivity (Wildman–Crippen MR) is 51.2 cm³/mol. The van der Waals surface area contributed by atoms with Gasteiger partial charge < -0.3 is 24.9 Å². The van der Waals surface area contributed by atoms with Crippen LogP contribution in [-0.4, -0.2) is 47.7 Å². The number of aliphatic hydroxyl groups excluding tert-OH is 1. The van der Waals surface area contributed by atoms with Crippen molar-refractivity contribution in [2.24, 2.45) is 5.73 Å². The van der Waals surface area contributed by atoms with E-state index >= 15 is 0 Å². The summed E-state index contributed by atoms with van der Waals surface area (Å²) in [5.74, 6) is 0.396. The monoisotopic (exact) mass is 214 g/mol. The zero-order chi connectivity index (χ0) is 10.7. The first-order chi connectivity index (χ1) is 7.35. The van der Waals surface area contributed by atoms with Crippen LogP contribution in [0.5, 0.6) is 0 Å². The first-order valence-corrected chi connectivity index (χ1v) is 4.83. The van der Waals surface area contributed by atoms with Crippen molar-refractivity contribution in [1.29, 1.82) is 0 Å². The average Bonchev–Trinajstić information content (AvgIpc) is 2.77. The lowest BCUT2D eigenvalue weighted by Gasteiger charge is -2.32. The van der Waals surface area contributed by atoms with Crippen LogP contribution in [0.3, 0.4) is 0 Å². The van der Waals surface area contributed by atoms with Crippen LogP contribution in [0.4, 0.5) is 6.01 Å². The number of aromatic nitrogens is 2. The molecule has 1 aliphatic rings. The molecule has 15 heavy (non-hydrogen) atoms. The van der Waals surface area contributed by atoms with E-state index in [4.69, 9.17) is 20.0 Å². The second kappa shape index (κ2) is 4.56. The summed E-state index contributed by atoms with van der Waals surface area (Å²) in [4.78, 5) is 1.84. The largest absolute Gasteiger partial charge is 0.407 e. The molecule has 1 atom stereocenters. The predicted octanol–water partition coefficient (Wildman–Crippen LogP) is -1.27. The average molecular weight is 214 g/mol. The highest BCUT2D eigenvalue weighted by Gasteiger charge is 2.26. The minimum atomic E-state index is -0.121. The van der Waals surface area contributed by atoms with Crippen LogP contribution in [0.15, 0.2) is 4.42 Å². The van der Waals surface area contributed by atoms with Crippen LogP contribution in [0.1, 0.15) is 5.89 Å². The van der Waals surface area contributed by atoms with Crippen molar-refractivity contribution in [2.75, 3.05) is 31.3 Å². The Morgan fingerprint density at radius 1 is 1.53 bits per heavy atom. The molecule has 0 spiro atoms. The van der Waals surface area contributed by atoms with Crippen LogP contribution in [0.25, 0.3) is 0 Å². The zero-order valence-corrected chi connectivity index (χ0v) is 8.30. The summed E-state index contributed by atoms with van der Waals surface area (Å²) in [6.45, 7) is 1.92. The lowest BCUT2D eigenvalue weighted by atomic mass is 10.2. The van der Waals surface area contributed by atoms with Gasteiger partial charge in [-0.3, -0.25) is 0 Å². The number of anilines is 1. The molecule has 1 aromatic rings. The topological polar surface area (TPSA) is 97.6 Å². The summed E-state index contributed by atoms with van der Waals surface area (Å²) in [6.07, 6.45) is 0. The Bertz CT molecular complexity index is 317. The molecule has 0 aromatic carbocycles. The third-order valence-corrected chi connectivity index (χ3v) is 2.31. The van der Waals surface area contributed by atoms with Gasteiger partial charge in [0.2, 0.25) is 5.89 Å². The maximum absolute atomic E-state index is 9.15. The summed E-state index contributed by atoms with van der Waals surface area (Å²) < 4.78 is 10.6. The lowest BCUT2D eigenvalue weighted by Crippen LogP contribution is -2.47. The van der Waals surface area contributed by atoms with E-state index in [0.29, 0.717) is 31.7 Å². The van der Waals surface area contributed by atoms with Crippen LogP contribution < -0.4 is 10.6 Å². The van der Waals surface area contributed by atoms with E-state index in [-0.39, 0.29) is 19.2 Å². The maximum Gasteiger partial charge on any atom is 0.318 e. The molecule has 84 valence electrons. The fraction of sp³-hybridized carbons (Fsp3) is 0.750. The van der Waals surface area contributed by atoms with E-state index in [2.05, 4.69) is 10.2 Å². The fourth-order valence-corrected chi connectivity index (χ4v) is 1.50. The maximum atomic E-state index is 9.15. The van der Waals surface area contributed by atoms with Gasteiger partial charge in [0, 0.05) is 6.54 Å². The molecule has 3 N–H and O–H groups in total. The normalized spacial score (nSPS) is 22.0. The molecule has 0 saturated carbocycles. The van der Waals surface area contributed by atoms with Crippen LogP contribution in [0.2, 0.25) is 0 Å². The van der Waals surface area contributed by atoms with Crippen LogP contribution in [0, 0.1) is 0 Å². The number of aliphatic hydroxyl groups is 1. The van der Waals surface area contributed by atoms with Gasteiger partial charge in [-0.05, 0) is 0 Å². The number of nitrogens with zero attached hydrogens (tertiary/aromatic N) is 3. The minimum absolute atomic E-state index is 0.000336. The minimum Gasteiger partial charge on any atom is -0.407 e. The quantitative estimate of drug-likeness (QED) is 0.647. The molecule has 1 aromatic heterocycles. The Kier molecular flexibility index (Phi) is 3.14. The Morgan fingerprint density at radius 2 is 2.40 bits per heavy atom. The Labute approximate surface area is 86.8 Å². The molecule has 0 aliphatic carbocycles. The number of morpholine rings is 1. The molecule has 1 saturated heterocycles. The van der Waals surface area contributed by atoms with Crippen molar-refractivity contribution in [3.05, 3.63) is 5.89 Å². The first kappa shape index (κ1) is 10.3. The molecule has 0 amide bonds. The highest BCUT2D eigenvalue weighted by molar-refractivity contribution is 5.27. The molecule has 7 heteroatoms. The van der Waals surface area contributed by atoms with E-state index in [1.807, 2.05) is 4.90 Å². The Morgan fingerprint density at radius 3 is 3.07 bits per heavy atom. The SMILES string of the molecule is NCc1nnc(N2CCOCC2CO)o1. The lowest BCUT2D eigenvalue weighted by molar-refractivity contribution is 0.0697. The van der Waals surface area contributed by atoms with Crippen molar-refractivity contribution in [2.45, 2.75) is 12.6 Å². The Balaban J connectivity index is 2.12. The van der Waals surface area contributed by atoms with Crippen molar-refractivity contribution < 1.29 is 14.3 Å². The van der Waals surface area contributed by atoms with Gasteiger partial charge in [-0.25, -0.2) is 0 Å². The molecule has 1 fully saturated rings. The Hall–Kier alpha value is -1.18. The number of rotatable bonds is 3. The van der Waals surface area contributed by atoms with E-state index in [1.54, 1.807) is 0 Å². The fourth-order valence-electron chi connectivity index (χ4n) is 1.50. The van der Waals surface area contributed by atoms with Crippen molar-refractivity contribution in [1.82, 2.24) is 10.2 Å². The van der Waals surface area contributed by atoms with E-state index in [1.165, 1.54) is 0 Å². The third-order valence-electron chi connectivity index (χ3n) is 2.31. The summed E-state index contributed by atoms with van der Waals surface area (Å²) in [7, 11) is 0. The highest BCUT2D eigenvalue weighted by Crippen LogP contribution is 2.17. The van der Waals surface area contributed by atoms with Gasteiger partial charge in [-0.2, -0.15) is 0 Å². The third kappa shape index (κ3) is 2.09. The number of nitrogens with two attached hydrogens (primary N) is 1. The zero-order valence-electron chi connectivity index (χ0n) is 8.30. The van der Waals surface area contributed by atoms with E-state index in [9.17, 15) is 0 Å². The van der Waals surface area contributed by atoms with Crippen molar-refractivity contribution in [3.63, 3.8) is 0 Å². The molecule has 0 radical (unpaired) electrons. The highest BCUT2D eigenvalue weighted by atomic mass is 16.5. The van der Waals surface area contributed by atoms with Gasteiger partial charge >= 0.3 is 6.01 Å². The summed E-state index contributed by atoms with van der Waals surface area (Å²) in [5.41, 5.74) is 5.37. The van der Waals surface area contributed by atoms with Gasteiger partial charge in [-0.15, -0.1) is 5.10 Å². The number of hydrogen-bond donors (Lipinski definition) is 2. The van der Waals surface area contributed by atoms with Gasteiger partial charge in [0.1, 0.15) is 0 Å². The van der Waals surface area contributed by atoms with Crippen LogP contribution >= 0.6 is 0 Å². The van der Waals surface area contributed by atoms with E-state index in [0.717, 1.165) is 0 Å². The molecule has 2 rings (SSSR count). The number of ether oxygens (including phenoxy) is 1. The first-order valence-electron chi connectivity index (χ1n) is 4.83. The van der Waals surface area contributed by atoms with Gasteiger partial charge in [0.25, 0.3) is 0 Å². The second-order valence-electron chi connectivity index (χ2n) is 3.29. The van der Waals surface area contributed by atoms with Crippen LogP contribution in [-0.2, 0) is 11.3 Å². The molecule has 1 unspecified atom stereocenters. The smallest absolute Gasteiger partial charge is 0.318 e. The molecule has 0 bridgehead atoms. The van der Waals surface area contributed by atoms with Gasteiger partial charge in [0.15, 0.2) is 0 Å². The molecule has 2 heterocycles. The standard InChI is InChI=1S/C8H14N4O3/c9-3-7-10-11-8(15-7)12-1-2-14-5-6(12)4-13/h6,13H,1-5,9H2. The molecular formula is C8H14N4O3. The van der Waals surface area contributed by atoms with E-state index < -0.39 is 0 Å². The second-order valence-corrected chi connectivity index (χ2v) is 3.29. The van der Waals surface area contributed by atoms with Crippen molar-refractivity contribution >= 4 is 6.01 Å². The molecule has 7 nitrogen and oxygen atoms in total. The molecule has 1 aliphatic heterocycles. The van der Waals surface area contributed by atoms with Crippen molar-refractivity contribution in [3.8, 4) is 0 Å². The summed E-state index contributed by atoms with van der Waals surface area (Å²) in [5, 5.41) is 16.8. The molecular weight excluding hydrogens is 200 g/mol. The summed E-state index contributed by atoms with van der Waals surface area (Å²) in [6, 6.07) is 0.280.